The zero-order chi connectivity index (χ0) is 13.2. The Morgan fingerprint density at radius 3 is 2.33 bits per heavy atom. The van der Waals surface area contributed by atoms with E-state index in [1.807, 2.05) is 12.1 Å². The van der Waals surface area contributed by atoms with E-state index in [4.69, 9.17) is 5.73 Å². The fourth-order valence-corrected chi connectivity index (χ4v) is 4.08. The fourth-order valence-electron chi connectivity index (χ4n) is 2.21. The van der Waals surface area contributed by atoms with Gasteiger partial charge in [-0.05, 0) is 37.1 Å². The van der Waals surface area contributed by atoms with Crippen LogP contribution in [0.15, 0.2) is 34.1 Å². The van der Waals surface area contributed by atoms with Crippen molar-refractivity contribution in [1.82, 2.24) is 0 Å². The van der Waals surface area contributed by atoms with Gasteiger partial charge in [-0.2, -0.15) is 0 Å². The molecule has 1 aliphatic rings. The van der Waals surface area contributed by atoms with Crippen molar-refractivity contribution < 1.29 is 8.42 Å². The number of benzene rings is 1. The molecule has 2 atom stereocenters. The number of rotatable bonds is 3. The third-order valence-electron chi connectivity index (χ3n) is 3.29. The minimum absolute atomic E-state index is 0.262. The van der Waals surface area contributed by atoms with Crippen molar-refractivity contribution in [3.05, 3.63) is 24.3 Å². The first-order valence-corrected chi connectivity index (χ1v) is 8.96. The first-order chi connectivity index (χ1) is 8.47. The van der Waals surface area contributed by atoms with Crippen LogP contribution in [0.3, 0.4) is 0 Å². The molecule has 5 heteroatoms. The molecule has 100 valence electrons. The number of hydrogen-bond donors (Lipinski definition) is 1. The Hall–Kier alpha value is -0.520. The van der Waals surface area contributed by atoms with E-state index in [9.17, 15) is 8.42 Å². The Bertz CT molecular complexity index is 496. The minimum atomic E-state index is -3.10. The Labute approximate surface area is 113 Å². The summed E-state index contributed by atoms with van der Waals surface area (Å²) in [7, 11) is -3.10. The summed E-state index contributed by atoms with van der Waals surface area (Å²) in [5, 5.41) is 0.461. The summed E-state index contributed by atoms with van der Waals surface area (Å²) in [6.45, 7) is 0. The molecule has 0 bridgehead atoms. The molecule has 3 nitrogen and oxygen atoms in total. The molecule has 0 spiro atoms. The largest absolute Gasteiger partial charge is 0.327 e. The summed E-state index contributed by atoms with van der Waals surface area (Å²) in [4.78, 5) is 1.48. The number of sulfone groups is 1. The van der Waals surface area contributed by atoms with Crippen molar-refractivity contribution in [1.29, 1.82) is 0 Å². The van der Waals surface area contributed by atoms with Crippen LogP contribution in [0.25, 0.3) is 0 Å². The standard InChI is InChI=1S/C13H19NO2S2/c1-18(15,16)11-8-6-10(7-9-11)17-13-5-3-2-4-12(13)14/h6-9,12-13H,2-5,14H2,1H3. The maximum Gasteiger partial charge on any atom is 0.175 e. The zero-order valence-corrected chi connectivity index (χ0v) is 12.1. The second kappa shape index (κ2) is 5.63. The van der Waals surface area contributed by atoms with Crippen molar-refractivity contribution in [3.63, 3.8) is 0 Å². The van der Waals surface area contributed by atoms with Gasteiger partial charge in [0.15, 0.2) is 9.84 Å². The Kier molecular flexibility index (Phi) is 4.35. The maximum absolute atomic E-state index is 11.4. The van der Waals surface area contributed by atoms with E-state index in [1.165, 1.54) is 19.1 Å². The highest BCUT2D eigenvalue weighted by Crippen LogP contribution is 2.33. The molecule has 0 saturated heterocycles. The second-order valence-corrected chi connectivity index (χ2v) is 8.18. The van der Waals surface area contributed by atoms with Crippen LogP contribution in [0, 0.1) is 0 Å². The van der Waals surface area contributed by atoms with Crippen LogP contribution in [0.1, 0.15) is 25.7 Å². The van der Waals surface area contributed by atoms with Gasteiger partial charge in [0.1, 0.15) is 0 Å². The number of nitrogens with two attached hydrogens (primary N) is 1. The van der Waals surface area contributed by atoms with E-state index in [-0.39, 0.29) is 6.04 Å². The molecule has 0 heterocycles. The van der Waals surface area contributed by atoms with Crippen LogP contribution in [-0.2, 0) is 9.84 Å². The Morgan fingerprint density at radius 1 is 1.17 bits per heavy atom. The highest BCUT2D eigenvalue weighted by atomic mass is 32.2. The third kappa shape index (κ3) is 3.49. The summed E-state index contributed by atoms with van der Waals surface area (Å²) in [6.07, 6.45) is 5.95. The van der Waals surface area contributed by atoms with E-state index in [2.05, 4.69) is 0 Å². The quantitative estimate of drug-likeness (QED) is 0.926. The van der Waals surface area contributed by atoms with E-state index in [1.54, 1.807) is 23.9 Å². The van der Waals surface area contributed by atoms with Crippen LogP contribution >= 0.6 is 11.8 Å². The van der Waals surface area contributed by atoms with Crippen LogP contribution < -0.4 is 5.73 Å². The molecule has 0 amide bonds. The average molecular weight is 285 g/mol. The van der Waals surface area contributed by atoms with Gasteiger partial charge in [0, 0.05) is 22.4 Å². The molecule has 2 rings (SSSR count). The van der Waals surface area contributed by atoms with Crippen molar-refractivity contribution in [2.45, 2.75) is 46.8 Å². The lowest BCUT2D eigenvalue weighted by molar-refractivity contribution is 0.453. The summed E-state index contributed by atoms with van der Waals surface area (Å²) >= 11 is 1.77. The summed E-state index contributed by atoms with van der Waals surface area (Å²) < 4.78 is 22.7. The molecule has 1 aromatic rings. The molecule has 0 aliphatic heterocycles. The minimum Gasteiger partial charge on any atom is -0.327 e. The normalized spacial score (nSPS) is 25.0. The molecule has 2 unspecified atom stereocenters. The predicted molar refractivity (Wildman–Crippen MR) is 75.6 cm³/mol. The molecule has 0 aromatic heterocycles. The van der Waals surface area contributed by atoms with Crippen molar-refractivity contribution in [2.24, 2.45) is 5.73 Å². The Balaban J connectivity index is 2.06. The first-order valence-electron chi connectivity index (χ1n) is 6.19. The van der Waals surface area contributed by atoms with Crippen molar-refractivity contribution in [2.75, 3.05) is 6.26 Å². The summed E-state index contributed by atoms with van der Waals surface area (Å²) in [5.74, 6) is 0. The molecular weight excluding hydrogens is 266 g/mol. The monoisotopic (exact) mass is 285 g/mol. The lowest BCUT2D eigenvalue weighted by atomic mass is 9.96. The predicted octanol–water partition coefficient (Wildman–Crippen LogP) is 2.45. The molecule has 1 fully saturated rings. The van der Waals surface area contributed by atoms with Crippen LogP contribution in [0.4, 0.5) is 0 Å². The van der Waals surface area contributed by atoms with Crippen LogP contribution in [0.5, 0.6) is 0 Å². The van der Waals surface area contributed by atoms with Crippen LogP contribution in [0.2, 0.25) is 0 Å². The van der Waals surface area contributed by atoms with E-state index < -0.39 is 9.84 Å². The van der Waals surface area contributed by atoms with Gasteiger partial charge in [-0.15, -0.1) is 11.8 Å². The molecule has 0 radical (unpaired) electrons. The van der Waals surface area contributed by atoms with Gasteiger partial charge < -0.3 is 5.73 Å². The van der Waals surface area contributed by atoms with Crippen molar-refractivity contribution >= 4 is 21.6 Å². The Morgan fingerprint density at radius 2 is 1.78 bits per heavy atom. The van der Waals surface area contributed by atoms with Gasteiger partial charge in [-0.3, -0.25) is 0 Å². The van der Waals surface area contributed by atoms with Gasteiger partial charge >= 0.3 is 0 Å². The van der Waals surface area contributed by atoms with Gasteiger partial charge in [0.25, 0.3) is 0 Å². The molecule has 2 N–H and O–H groups in total. The van der Waals surface area contributed by atoms with Gasteiger partial charge in [0.2, 0.25) is 0 Å². The summed E-state index contributed by atoms with van der Waals surface area (Å²) in [6, 6.07) is 7.36. The first kappa shape index (κ1) is 13.9. The lowest BCUT2D eigenvalue weighted by Gasteiger charge is -2.27. The van der Waals surface area contributed by atoms with Crippen molar-refractivity contribution in [3.8, 4) is 0 Å². The molecule has 18 heavy (non-hydrogen) atoms. The molecule has 1 aromatic carbocycles. The third-order valence-corrected chi connectivity index (χ3v) is 5.85. The SMILES string of the molecule is CS(=O)(=O)c1ccc(SC2CCCCC2N)cc1. The van der Waals surface area contributed by atoms with E-state index >= 15 is 0 Å². The lowest BCUT2D eigenvalue weighted by Crippen LogP contribution is -2.35. The van der Waals surface area contributed by atoms with Crippen LogP contribution in [-0.4, -0.2) is 26.0 Å². The topological polar surface area (TPSA) is 60.2 Å². The highest BCUT2D eigenvalue weighted by molar-refractivity contribution is 8.00. The van der Waals surface area contributed by atoms with Gasteiger partial charge in [-0.25, -0.2) is 8.42 Å². The van der Waals surface area contributed by atoms with Gasteiger partial charge in [0.05, 0.1) is 4.90 Å². The maximum atomic E-state index is 11.4. The highest BCUT2D eigenvalue weighted by Gasteiger charge is 2.22. The summed E-state index contributed by atoms with van der Waals surface area (Å²) in [5.41, 5.74) is 6.11. The molecule has 1 saturated carbocycles. The molecule has 1 aliphatic carbocycles. The van der Waals surface area contributed by atoms with Gasteiger partial charge in [-0.1, -0.05) is 12.8 Å². The molecular formula is C13H19NO2S2. The fraction of sp³-hybridized carbons (Fsp3) is 0.538. The number of thioether (sulfide) groups is 1. The van der Waals surface area contributed by atoms with E-state index in [0.29, 0.717) is 10.1 Å². The smallest absolute Gasteiger partial charge is 0.175 e. The average Bonchev–Trinajstić information content (AvgIpc) is 2.32. The second-order valence-electron chi connectivity index (χ2n) is 4.85. The number of hydrogen-bond acceptors (Lipinski definition) is 4. The zero-order valence-electron chi connectivity index (χ0n) is 10.5. The van der Waals surface area contributed by atoms with E-state index in [0.717, 1.165) is 17.7 Å².